The number of hydrogen-bond donors (Lipinski definition) is 0. The van der Waals surface area contributed by atoms with Crippen molar-refractivity contribution in [2.75, 3.05) is 33.1 Å². The van der Waals surface area contributed by atoms with E-state index < -0.39 is 0 Å². The van der Waals surface area contributed by atoms with Crippen molar-refractivity contribution < 1.29 is 0 Å². The Labute approximate surface area is 92.5 Å². The highest BCUT2D eigenvalue weighted by molar-refractivity contribution is 5.47. The van der Waals surface area contributed by atoms with Gasteiger partial charge in [0, 0.05) is 31.7 Å². The fourth-order valence-corrected chi connectivity index (χ4v) is 2.13. The summed E-state index contributed by atoms with van der Waals surface area (Å²) in [5.74, 6) is 0.760. The Bertz CT molecular complexity index is 327. The van der Waals surface area contributed by atoms with Crippen LogP contribution in [0.2, 0.25) is 0 Å². The van der Waals surface area contributed by atoms with Crippen molar-refractivity contribution in [1.82, 2.24) is 4.90 Å². The van der Waals surface area contributed by atoms with Crippen LogP contribution in [0.1, 0.15) is 17.9 Å². The van der Waals surface area contributed by atoms with E-state index in [2.05, 4.69) is 62.3 Å². The standard InChI is InChI=1S/C13H20N2/c1-14(2)11-7-5-10(6-8-11)12-9-13(12)15(3)4/h5-8,12-13H,9H2,1-4H3. The molecule has 1 aromatic carbocycles. The molecule has 15 heavy (non-hydrogen) atoms. The maximum absolute atomic E-state index is 2.32. The van der Waals surface area contributed by atoms with Gasteiger partial charge in [0.2, 0.25) is 0 Å². The van der Waals surface area contributed by atoms with Crippen LogP contribution in [0.5, 0.6) is 0 Å². The average Bonchev–Trinajstić information content (AvgIpc) is 2.97. The molecule has 0 saturated heterocycles. The molecule has 0 N–H and O–H groups in total. The van der Waals surface area contributed by atoms with Gasteiger partial charge in [-0.3, -0.25) is 0 Å². The highest BCUT2D eigenvalue weighted by Crippen LogP contribution is 2.43. The van der Waals surface area contributed by atoms with E-state index in [1.54, 1.807) is 0 Å². The molecular formula is C13H20N2. The first-order chi connectivity index (χ1) is 7.09. The van der Waals surface area contributed by atoms with Crippen molar-refractivity contribution in [3.8, 4) is 0 Å². The molecule has 1 aliphatic carbocycles. The lowest BCUT2D eigenvalue weighted by molar-refractivity contribution is 0.391. The van der Waals surface area contributed by atoms with Crippen LogP contribution < -0.4 is 4.90 Å². The Hall–Kier alpha value is -1.02. The zero-order valence-electron chi connectivity index (χ0n) is 10.1. The van der Waals surface area contributed by atoms with Crippen LogP contribution in [-0.4, -0.2) is 39.1 Å². The van der Waals surface area contributed by atoms with Crippen molar-refractivity contribution in [3.63, 3.8) is 0 Å². The summed E-state index contributed by atoms with van der Waals surface area (Å²) in [7, 11) is 8.49. The summed E-state index contributed by atoms with van der Waals surface area (Å²) in [6.45, 7) is 0. The molecule has 0 bridgehead atoms. The predicted octanol–water partition coefficient (Wildman–Crippen LogP) is 2.17. The number of anilines is 1. The topological polar surface area (TPSA) is 6.48 Å². The van der Waals surface area contributed by atoms with Crippen LogP contribution in [-0.2, 0) is 0 Å². The molecule has 0 heterocycles. The molecule has 0 amide bonds. The number of hydrogen-bond acceptors (Lipinski definition) is 2. The molecule has 82 valence electrons. The highest BCUT2D eigenvalue weighted by atomic mass is 15.1. The van der Waals surface area contributed by atoms with Crippen LogP contribution in [0.25, 0.3) is 0 Å². The summed E-state index contributed by atoms with van der Waals surface area (Å²) in [4.78, 5) is 4.46. The van der Waals surface area contributed by atoms with Crippen LogP contribution in [0.4, 0.5) is 5.69 Å². The van der Waals surface area contributed by atoms with E-state index in [0.717, 1.165) is 12.0 Å². The third-order valence-corrected chi connectivity index (χ3v) is 3.26. The molecule has 0 spiro atoms. The first-order valence-corrected chi connectivity index (χ1v) is 5.53. The van der Waals surface area contributed by atoms with Crippen molar-refractivity contribution in [2.45, 2.75) is 18.4 Å². The van der Waals surface area contributed by atoms with E-state index in [1.807, 2.05) is 0 Å². The highest BCUT2D eigenvalue weighted by Gasteiger charge is 2.39. The lowest BCUT2D eigenvalue weighted by Crippen LogP contribution is -2.15. The van der Waals surface area contributed by atoms with E-state index in [4.69, 9.17) is 0 Å². The van der Waals surface area contributed by atoms with Gasteiger partial charge in [0.25, 0.3) is 0 Å². The van der Waals surface area contributed by atoms with Gasteiger partial charge in [-0.05, 0) is 38.2 Å². The molecule has 1 aromatic rings. The fraction of sp³-hybridized carbons (Fsp3) is 0.538. The molecule has 2 heteroatoms. The number of nitrogens with zero attached hydrogens (tertiary/aromatic N) is 2. The normalized spacial score (nSPS) is 24.3. The minimum atomic E-state index is 0.759. The Kier molecular flexibility index (Phi) is 2.70. The Morgan fingerprint density at radius 2 is 1.60 bits per heavy atom. The van der Waals surface area contributed by atoms with E-state index >= 15 is 0 Å². The molecule has 0 aromatic heterocycles. The molecule has 1 fully saturated rings. The number of rotatable bonds is 3. The van der Waals surface area contributed by atoms with Crippen molar-refractivity contribution in [2.24, 2.45) is 0 Å². The maximum Gasteiger partial charge on any atom is 0.0361 e. The minimum Gasteiger partial charge on any atom is -0.378 e. The molecule has 2 nitrogen and oxygen atoms in total. The molecule has 2 atom stereocenters. The van der Waals surface area contributed by atoms with E-state index in [1.165, 1.54) is 17.7 Å². The molecule has 0 radical (unpaired) electrons. The molecule has 1 aliphatic rings. The summed E-state index contributed by atoms with van der Waals surface area (Å²) in [6.07, 6.45) is 1.31. The van der Waals surface area contributed by atoms with Gasteiger partial charge in [-0.1, -0.05) is 12.1 Å². The summed E-state index contributed by atoms with van der Waals surface area (Å²) < 4.78 is 0. The predicted molar refractivity (Wildman–Crippen MR) is 65.6 cm³/mol. The van der Waals surface area contributed by atoms with Crippen molar-refractivity contribution in [3.05, 3.63) is 29.8 Å². The van der Waals surface area contributed by atoms with Crippen molar-refractivity contribution >= 4 is 5.69 Å². The Morgan fingerprint density at radius 3 is 2.00 bits per heavy atom. The second-order valence-electron chi connectivity index (χ2n) is 4.86. The second-order valence-corrected chi connectivity index (χ2v) is 4.86. The van der Waals surface area contributed by atoms with Gasteiger partial charge in [-0.15, -0.1) is 0 Å². The lowest BCUT2D eigenvalue weighted by Gasteiger charge is -2.13. The maximum atomic E-state index is 2.32. The number of likely N-dealkylation sites (N-methyl/N-ethyl adjacent to an activating group) is 1. The SMILES string of the molecule is CN(C)c1ccc(C2CC2N(C)C)cc1. The largest absolute Gasteiger partial charge is 0.378 e. The summed E-state index contributed by atoms with van der Waals surface area (Å²) in [5.41, 5.74) is 2.76. The Balaban J connectivity index is 2.06. The van der Waals surface area contributed by atoms with Gasteiger partial charge in [0.15, 0.2) is 0 Å². The van der Waals surface area contributed by atoms with E-state index in [-0.39, 0.29) is 0 Å². The third-order valence-electron chi connectivity index (χ3n) is 3.26. The van der Waals surface area contributed by atoms with Crippen LogP contribution in [0.15, 0.2) is 24.3 Å². The third kappa shape index (κ3) is 2.15. The first kappa shape index (κ1) is 10.5. The monoisotopic (exact) mass is 204 g/mol. The molecule has 2 unspecified atom stereocenters. The van der Waals surface area contributed by atoms with Crippen molar-refractivity contribution in [1.29, 1.82) is 0 Å². The van der Waals surface area contributed by atoms with E-state index in [0.29, 0.717) is 0 Å². The molecule has 2 rings (SSSR count). The van der Waals surface area contributed by atoms with Gasteiger partial charge in [0.05, 0.1) is 0 Å². The van der Waals surface area contributed by atoms with Gasteiger partial charge in [-0.25, -0.2) is 0 Å². The van der Waals surface area contributed by atoms with Gasteiger partial charge in [-0.2, -0.15) is 0 Å². The van der Waals surface area contributed by atoms with E-state index in [9.17, 15) is 0 Å². The Morgan fingerprint density at radius 1 is 1.00 bits per heavy atom. The molecule has 1 saturated carbocycles. The van der Waals surface area contributed by atoms with Gasteiger partial charge < -0.3 is 9.80 Å². The smallest absolute Gasteiger partial charge is 0.0361 e. The minimum absolute atomic E-state index is 0.759. The average molecular weight is 204 g/mol. The fourth-order valence-electron chi connectivity index (χ4n) is 2.13. The summed E-state index contributed by atoms with van der Waals surface area (Å²) in [5, 5.41) is 0. The summed E-state index contributed by atoms with van der Waals surface area (Å²) in [6, 6.07) is 9.71. The van der Waals surface area contributed by atoms with Crippen LogP contribution in [0, 0.1) is 0 Å². The first-order valence-electron chi connectivity index (χ1n) is 5.53. The number of benzene rings is 1. The zero-order valence-corrected chi connectivity index (χ0v) is 10.1. The second kappa shape index (κ2) is 3.86. The van der Waals surface area contributed by atoms with Crippen LogP contribution >= 0.6 is 0 Å². The van der Waals surface area contributed by atoms with Gasteiger partial charge >= 0.3 is 0 Å². The zero-order chi connectivity index (χ0) is 11.0. The van der Waals surface area contributed by atoms with Crippen LogP contribution in [0.3, 0.4) is 0 Å². The molecule has 0 aliphatic heterocycles. The lowest BCUT2D eigenvalue weighted by atomic mass is 10.1. The summed E-state index contributed by atoms with van der Waals surface area (Å²) >= 11 is 0. The quantitative estimate of drug-likeness (QED) is 0.744. The van der Waals surface area contributed by atoms with Gasteiger partial charge in [0.1, 0.15) is 0 Å². The molecular weight excluding hydrogens is 184 g/mol.